The van der Waals surface area contributed by atoms with Crippen molar-refractivity contribution >= 4 is 61.4 Å². The van der Waals surface area contributed by atoms with Crippen LogP contribution in [0.25, 0.3) is 31.9 Å². The van der Waals surface area contributed by atoms with Crippen molar-refractivity contribution in [3.63, 3.8) is 0 Å². The van der Waals surface area contributed by atoms with E-state index in [0.717, 1.165) is 26.4 Å². The van der Waals surface area contributed by atoms with E-state index in [1.807, 2.05) is 66.0 Å². The summed E-state index contributed by atoms with van der Waals surface area (Å²) in [6.45, 7) is 1.75. The highest BCUT2D eigenvalue weighted by Gasteiger charge is 2.23. The van der Waals surface area contributed by atoms with Gasteiger partial charge in [0, 0.05) is 21.5 Å². The first kappa shape index (κ1) is 25.0. The van der Waals surface area contributed by atoms with Crippen molar-refractivity contribution in [2.75, 3.05) is 18.5 Å². The summed E-state index contributed by atoms with van der Waals surface area (Å²) in [7, 11) is 0. The van der Waals surface area contributed by atoms with Gasteiger partial charge in [-0.2, -0.15) is 0 Å². The third-order valence-electron chi connectivity index (χ3n) is 5.44. The average molecular weight is 549 g/mol. The van der Waals surface area contributed by atoms with Gasteiger partial charge in [0.15, 0.2) is 6.61 Å². The Kier molecular flexibility index (Phi) is 7.50. The van der Waals surface area contributed by atoms with Crippen molar-refractivity contribution in [3.05, 3.63) is 88.8 Å². The Morgan fingerprint density at radius 3 is 2.43 bits per heavy atom. The Morgan fingerprint density at radius 2 is 1.70 bits per heavy atom. The first-order valence-corrected chi connectivity index (χ1v) is 13.5. The molecule has 5 rings (SSSR count). The molecular formula is C28H21ClN2O4S2. The van der Waals surface area contributed by atoms with E-state index in [0.29, 0.717) is 26.9 Å². The number of para-hydroxylation sites is 1. The molecule has 0 spiro atoms. The Balaban J connectivity index is 1.26. The highest BCUT2D eigenvalue weighted by molar-refractivity contribution is 7.21. The molecule has 0 aliphatic rings. The van der Waals surface area contributed by atoms with Gasteiger partial charge < -0.3 is 14.8 Å². The summed E-state index contributed by atoms with van der Waals surface area (Å²) < 4.78 is 12.1. The quantitative estimate of drug-likeness (QED) is 0.203. The van der Waals surface area contributed by atoms with Gasteiger partial charge in [-0.1, -0.05) is 35.9 Å². The molecule has 0 bridgehead atoms. The Bertz CT molecular complexity index is 1530. The van der Waals surface area contributed by atoms with E-state index in [1.54, 1.807) is 30.4 Å². The number of benzene rings is 3. The smallest absolute Gasteiger partial charge is 0.341 e. The number of aromatic nitrogens is 1. The summed E-state index contributed by atoms with van der Waals surface area (Å²) in [4.78, 5) is 30.1. The van der Waals surface area contributed by atoms with E-state index in [9.17, 15) is 9.59 Å². The number of hydrogen-bond acceptors (Lipinski definition) is 7. The Hall–Kier alpha value is -3.72. The summed E-state index contributed by atoms with van der Waals surface area (Å²) in [5.41, 5.74) is 3.72. The van der Waals surface area contributed by atoms with E-state index < -0.39 is 5.97 Å². The lowest BCUT2D eigenvalue weighted by Gasteiger charge is -2.10. The van der Waals surface area contributed by atoms with E-state index in [1.165, 1.54) is 11.3 Å². The molecule has 37 heavy (non-hydrogen) atoms. The summed E-state index contributed by atoms with van der Waals surface area (Å²) in [6.07, 6.45) is 0. The van der Waals surface area contributed by atoms with E-state index in [-0.39, 0.29) is 19.1 Å². The van der Waals surface area contributed by atoms with Gasteiger partial charge in [0.05, 0.1) is 16.8 Å². The molecule has 3 aromatic carbocycles. The second kappa shape index (κ2) is 11.1. The first-order valence-electron chi connectivity index (χ1n) is 11.4. The van der Waals surface area contributed by atoms with Crippen LogP contribution in [-0.2, 0) is 9.53 Å². The lowest BCUT2D eigenvalue weighted by Crippen LogP contribution is -2.21. The number of amides is 1. The number of thiophene rings is 1. The third-order valence-corrected chi connectivity index (χ3v) is 7.68. The highest BCUT2D eigenvalue weighted by Crippen LogP contribution is 2.37. The van der Waals surface area contributed by atoms with Crippen LogP contribution in [0.3, 0.4) is 0 Å². The van der Waals surface area contributed by atoms with Gasteiger partial charge in [0.2, 0.25) is 0 Å². The molecule has 0 saturated heterocycles. The fraction of sp³-hybridized carbons (Fsp3) is 0.107. The topological polar surface area (TPSA) is 77.5 Å². The molecule has 2 aromatic heterocycles. The van der Waals surface area contributed by atoms with Crippen LogP contribution in [0.4, 0.5) is 5.00 Å². The number of nitrogens with one attached hydrogen (secondary N) is 1. The van der Waals surface area contributed by atoms with Crippen LogP contribution in [-0.4, -0.2) is 30.1 Å². The molecular weight excluding hydrogens is 528 g/mol. The molecule has 186 valence electrons. The van der Waals surface area contributed by atoms with Crippen LogP contribution < -0.4 is 10.1 Å². The van der Waals surface area contributed by atoms with Crippen molar-refractivity contribution < 1.29 is 19.1 Å². The van der Waals surface area contributed by atoms with E-state index in [4.69, 9.17) is 21.1 Å². The van der Waals surface area contributed by atoms with Gasteiger partial charge in [0.1, 0.15) is 21.3 Å². The molecule has 0 saturated carbocycles. The van der Waals surface area contributed by atoms with Crippen molar-refractivity contribution in [3.8, 4) is 27.4 Å². The number of carbonyl (C=O) groups excluding carboxylic acids is 2. The number of fused-ring (bicyclic) bond motifs is 1. The maximum absolute atomic E-state index is 12.7. The maximum Gasteiger partial charge on any atom is 0.341 e. The number of ether oxygens (including phenoxy) is 2. The summed E-state index contributed by atoms with van der Waals surface area (Å²) in [5, 5.41) is 6.53. The molecule has 6 nitrogen and oxygen atoms in total. The molecule has 2 heterocycles. The van der Waals surface area contributed by atoms with Gasteiger partial charge in [-0.15, -0.1) is 22.7 Å². The minimum absolute atomic E-state index is 0.211. The van der Waals surface area contributed by atoms with Crippen LogP contribution in [0.1, 0.15) is 17.3 Å². The third kappa shape index (κ3) is 5.67. The largest absolute Gasteiger partial charge is 0.484 e. The lowest BCUT2D eigenvalue weighted by atomic mass is 10.0. The fourth-order valence-corrected chi connectivity index (χ4v) is 5.77. The number of carbonyl (C=O) groups is 2. The molecule has 1 N–H and O–H groups in total. The van der Waals surface area contributed by atoms with Crippen LogP contribution in [0.15, 0.2) is 78.2 Å². The van der Waals surface area contributed by atoms with Crippen molar-refractivity contribution in [1.82, 2.24) is 4.98 Å². The minimum Gasteiger partial charge on any atom is -0.484 e. The number of halogens is 1. The standard InChI is InChI=1S/C28H21ClN2O4S2/c1-2-34-28(33)25-21(17-7-11-19(29)12-8-17)16-36-27(25)31-24(32)15-35-20-13-9-18(10-14-20)26-30-22-5-3-4-6-23(22)37-26/h3-14,16H,2,15H2,1H3,(H,31,32). The number of esters is 1. The van der Waals surface area contributed by atoms with Crippen molar-refractivity contribution in [1.29, 1.82) is 0 Å². The summed E-state index contributed by atoms with van der Waals surface area (Å²) in [6, 6.07) is 22.6. The van der Waals surface area contributed by atoms with Gasteiger partial charge in [-0.05, 0) is 61.0 Å². The molecule has 0 atom stereocenters. The molecule has 0 aliphatic heterocycles. The normalized spacial score (nSPS) is 10.9. The molecule has 0 fully saturated rings. The molecule has 0 aliphatic carbocycles. The second-order valence-corrected chi connectivity index (χ2v) is 10.3. The fourth-order valence-electron chi connectivity index (χ4n) is 3.70. The van der Waals surface area contributed by atoms with Gasteiger partial charge >= 0.3 is 5.97 Å². The van der Waals surface area contributed by atoms with Crippen LogP contribution >= 0.6 is 34.3 Å². The van der Waals surface area contributed by atoms with Crippen LogP contribution in [0, 0.1) is 0 Å². The lowest BCUT2D eigenvalue weighted by molar-refractivity contribution is -0.118. The first-order chi connectivity index (χ1) is 18.0. The zero-order valence-corrected chi connectivity index (χ0v) is 22.1. The SMILES string of the molecule is CCOC(=O)c1c(-c2ccc(Cl)cc2)csc1NC(=O)COc1ccc(-c2nc3ccccc3s2)cc1. The number of thiazole rings is 1. The van der Waals surface area contributed by atoms with Gasteiger partial charge in [0.25, 0.3) is 5.91 Å². The second-order valence-electron chi connectivity index (χ2n) is 7.93. The number of nitrogens with zero attached hydrogens (tertiary/aromatic N) is 1. The van der Waals surface area contributed by atoms with E-state index in [2.05, 4.69) is 10.3 Å². The van der Waals surface area contributed by atoms with Crippen molar-refractivity contribution in [2.24, 2.45) is 0 Å². The number of hydrogen-bond donors (Lipinski definition) is 1. The predicted molar refractivity (Wildman–Crippen MR) is 150 cm³/mol. The molecule has 0 unspecified atom stereocenters. The molecule has 1 amide bonds. The molecule has 5 aromatic rings. The Labute approximate surface area is 226 Å². The minimum atomic E-state index is -0.504. The number of rotatable bonds is 8. The van der Waals surface area contributed by atoms with Crippen molar-refractivity contribution in [2.45, 2.75) is 6.92 Å². The van der Waals surface area contributed by atoms with Gasteiger partial charge in [-0.3, -0.25) is 4.79 Å². The average Bonchev–Trinajstić information content (AvgIpc) is 3.53. The highest BCUT2D eigenvalue weighted by atomic mass is 35.5. The van der Waals surface area contributed by atoms with Gasteiger partial charge in [-0.25, -0.2) is 9.78 Å². The van der Waals surface area contributed by atoms with Crippen LogP contribution in [0.2, 0.25) is 5.02 Å². The molecule has 0 radical (unpaired) electrons. The Morgan fingerprint density at radius 1 is 0.973 bits per heavy atom. The summed E-state index contributed by atoms with van der Waals surface area (Å²) in [5.74, 6) is -0.334. The molecule has 9 heteroatoms. The predicted octanol–water partition coefficient (Wildman–Crippen LogP) is 7.54. The van der Waals surface area contributed by atoms with Crippen LogP contribution in [0.5, 0.6) is 5.75 Å². The van der Waals surface area contributed by atoms with E-state index >= 15 is 0 Å². The zero-order chi connectivity index (χ0) is 25.8. The number of anilines is 1. The monoisotopic (exact) mass is 548 g/mol. The summed E-state index contributed by atoms with van der Waals surface area (Å²) >= 11 is 8.88. The zero-order valence-electron chi connectivity index (χ0n) is 19.7. The maximum atomic E-state index is 12.7.